The number of nitrogens with two attached hydrogens (primary N) is 1. The number of hydrogen-bond donors (Lipinski definition) is 1. The summed E-state index contributed by atoms with van der Waals surface area (Å²) >= 11 is 1.46. The van der Waals surface area contributed by atoms with Crippen LogP contribution in [0, 0.1) is 0 Å². The second kappa shape index (κ2) is 2.91. The molecule has 0 saturated carbocycles. The Morgan fingerprint density at radius 1 is 1.89 bits per heavy atom. The van der Waals surface area contributed by atoms with Crippen LogP contribution in [0.2, 0.25) is 0 Å². The summed E-state index contributed by atoms with van der Waals surface area (Å²) < 4.78 is 11.8. The number of halogens is 1. The van der Waals surface area contributed by atoms with Gasteiger partial charge in [0.25, 0.3) is 0 Å². The quantitative estimate of drug-likeness (QED) is 0.541. The van der Waals surface area contributed by atoms with E-state index < -0.39 is 6.80 Å². The predicted molar refractivity (Wildman–Crippen MR) is 36.8 cm³/mol. The molecule has 1 aliphatic rings. The number of alkyl halides is 1. The number of nitrogens with zero attached hydrogens (tertiary/aromatic N) is 2. The number of rotatable bonds is 1. The number of thioether (sulfide) groups is 1. The number of hydrazone groups is 1. The molecule has 1 heterocycles. The van der Waals surface area contributed by atoms with Crippen LogP contribution in [0.5, 0.6) is 0 Å². The highest BCUT2D eigenvalue weighted by Gasteiger charge is 2.07. The number of amidine groups is 1. The van der Waals surface area contributed by atoms with E-state index in [9.17, 15) is 4.39 Å². The molecule has 1 rings (SSSR count). The van der Waals surface area contributed by atoms with Gasteiger partial charge >= 0.3 is 0 Å². The Morgan fingerprint density at radius 2 is 2.67 bits per heavy atom. The van der Waals surface area contributed by atoms with E-state index in [0.29, 0.717) is 11.7 Å². The topological polar surface area (TPSA) is 41.6 Å². The first-order valence-electron chi connectivity index (χ1n) is 2.60. The summed E-state index contributed by atoms with van der Waals surface area (Å²) in [4.78, 5) is 0. The molecule has 0 amide bonds. The van der Waals surface area contributed by atoms with Crippen LogP contribution in [0.25, 0.3) is 0 Å². The molecule has 0 radical (unpaired) electrons. The van der Waals surface area contributed by atoms with Gasteiger partial charge in [0.15, 0.2) is 12.0 Å². The van der Waals surface area contributed by atoms with Crippen molar-refractivity contribution in [2.24, 2.45) is 10.8 Å². The smallest absolute Gasteiger partial charge is 0.178 e. The highest BCUT2D eigenvalue weighted by atomic mass is 32.2. The number of hydrogen-bond acceptors (Lipinski definition) is 4. The molecule has 0 aromatic rings. The van der Waals surface area contributed by atoms with Gasteiger partial charge < -0.3 is 5.73 Å². The van der Waals surface area contributed by atoms with Crippen LogP contribution in [0.3, 0.4) is 0 Å². The van der Waals surface area contributed by atoms with Gasteiger partial charge in [-0.3, -0.25) is 5.01 Å². The Hall–Kier alpha value is -0.450. The van der Waals surface area contributed by atoms with Crippen LogP contribution in [-0.2, 0) is 0 Å². The van der Waals surface area contributed by atoms with E-state index in [1.54, 1.807) is 0 Å². The molecule has 2 N–H and O–H groups in total. The fourth-order valence-corrected chi connectivity index (χ4v) is 1.24. The van der Waals surface area contributed by atoms with Gasteiger partial charge in [-0.05, 0) is 0 Å². The Morgan fingerprint density at radius 3 is 3.11 bits per heavy atom. The summed E-state index contributed by atoms with van der Waals surface area (Å²) in [6, 6.07) is 0. The average molecular weight is 149 g/mol. The average Bonchev–Trinajstić information content (AvgIpc) is 1.88. The molecule has 1 aliphatic heterocycles. The molecule has 9 heavy (non-hydrogen) atoms. The van der Waals surface area contributed by atoms with Crippen molar-refractivity contribution < 1.29 is 4.39 Å². The van der Waals surface area contributed by atoms with Crippen LogP contribution >= 0.6 is 11.8 Å². The molecule has 0 atom stereocenters. The molecule has 0 aliphatic carbocycles. The summed E-state index contributed by atoms with van der Waals surface area (Å²) in [6.45, 7) is 0.114. The van der Waals surface area contributed by atoms with E-state index in [1.165, 1.54) is 16.8 Å². The molecule has 5 heteroatoms. The fraction of sp³-hybridized carbons (Fsp3) is 0.750. The lowest BCUT2D eigenvalue weighted by atomic mass is 10.7. The van der Waals surface area contributed by atoms with Crippen molar-refractivity contribution in [3.8, 4) is 0 Å². The highest BCUT2D eigenvalue weighted by molar-refractivity contribution is 8.13. The molecule has 0 aromatic heterocycles. The Balaban J connectivity index is 2.47. The lowest BCUT2D eigenvalue weighted by molar-refractivity contribution is 0.202. The van der Waals surface area contributed by atoms with Crippen molar-refractivity contribution in [3.63, 3.8) is 0 Å². The van der Waals surface area contributed by atoms with Gasteiger partial charge in [-0.15, -0.1) is 0 Å². The van der Waals surface area contributed by atoms with Gasteiger partial charge in [-0.1, -0.05) is 11.8 Å². The zero-order chi connectivity index (χ0) is 6.69. The normalized spacial score (nSPS) is 19.7. The van der Waals surface area contributed by atoms with Gasteiger partial charge in [0, 0.05) is 12.3 Å². The Kier molecular flexibility index (Phi) is 2.16. The van der Waals surface area contributed by atoms with Crippen molar-refractivity contribution in [1.82, 2.24) is 5.01 Å². The zero-order valence-electron chi connectivity index (χ0n) is 4.88. The van der Waals surface area contributed by atoms with Crippen LogP contribution in [0.1, 0.15) is 0 Å². The third-order valence-corrected chi connectivity index (χ3v) is 1.74. The minimum atomic E-state index is -0.540. The van der Waals surface area contributed by atoms with Crippen molar-refractivity contribution in [2.45, 2.75) is 0 Å². The summed E-state index contributed by atoms with van der Waals surface area (Å²) in [6.07, 6.45) is 0. The fourth-order valence-electron chi connectivity index (χ4n) is 0.560. The van der Waals surface area contributed by atoms with E-state index in [2.05, 4.69) is 5.10 Å². The summed E-state index contributed by atoms with van der Waals surface area (Å²) in [5.74, 6) is 0.833. The molecule has 0 aromatic carbocycles. The molecular weight excluding hydrogens is 141 g/mol. The first-order chi connectivity index (χ1) is 4.33. The van der Waals surface area contributed by atoms with E-state index in [4.69, 9.17) is 5.73 Å². The largest absolute Gasteiger partial charge is 0.377 e. The zero-order valence-corrected chi connectivity index (χ0v) is 5.70. The molecule has 0 unspecified atom stereocenters. The van der Waals surface area contributed by atoms with Crippen molar-refractivity contribution in [3.05, 3.63) is 0 Å². The molecule has 0 saturated heterocycles. The van der Waals surface area contributed by atoms with Crippen molar-refractivity contribution >= 4 is 16.9 Å². The van der Waals surface area contributed by atoms with Crippen molar-refractivity contribution in [1.29, 1.82) is 0 Å². The first kappa shape index (κ1) is 6.67. The van der Waals surface area contributed by atoms with Crippen LogP contribution in [-0.4, -0.2) is 29.3 Å². The van der Waals surface area contributed by atoms with Gasteiger partial charge in [0.2, 0.25) is 0 Å². The summed E-state index contributed by atoms with van der Waals surface area (Å²) in [7, 11) is 0. The van der Waals surface area contributed by atoms with Crippen molar-refractivity contribution in [2.75, 3.05) is 19.1 Å². The lowest BCUT2D eigenvalue weighted by Gasteiger charge is -2.18. The minimum absolute atomic E-state index is 0.457. The summed E-state index contributed by atoms with van der Waals surface area (Å²) in [5.41, 5.74) is 5.31. The van der Waals surface area contributed by atoms with Gasteiger partial charge in [-0.25, -0.2) is 4.39 Å². The molecular formula is C4H8FN3S. The molecule has 0 fully saturated rings. The van der Waals surface area contributed by atoms with Crippen LogP contribution in [0.4, 0.5) is 4.39 Å². The molecule has 3 nitrogen and oxygen atoms in total. The maximum Gasteiger partial charge on any atom is 0.178 e. The Bertz CT molecular complexity index is 127. The first-order valence-corrected chi connectivity index (χ1v) is 3.59. The van der Waals surface area contributed by atoms with Gasteiger partial charge in [0.05, 0.1) is 0 Å². The maximum atomic E-state index is 11.8. The third-order valence-electron chi connectivity index (χ3n) is 0.977. The van der Waals surface area contributed by atoms with Crippen LogP contribution in [0.15, 0.2) is 5.10 Å². The van der Waals surface area contributed by atoms with E-state index in [0.717, 1.165) is 5.75 Å². The van der Waals surface area contributed by atoms with Crippen LogP contribution < -0.4 is 5.73 Å². The van der Waals surface area contributed by atoms with E-state index >= 15 is 0 Å². The third kappa shape index (κ3) is 1.74. The lowest BCUT2D eigenvalue weighted by Crippen LogP contribution is -2.28. The SMILES string of the molecule is NC1=NN(CF)CCS1. The second-order valence-electron chi connectivity index (χ2n) is 1.64. The van der Waals surface area contributed by atoms with E-state index in [1.807, 2.05) is 0 Å². The monoisotopic (exact) mass is 149 g/mol. The molecule has 0 spiro atoms. The molecule has 52 valence electrons. The maximum absolute atomic E-state index is 11.8. The minimum Gasteiger partial charge on any atom is -0.377 e. The van der Waals surface area contributed by atoms with Gasteiger partial charge in [0.1, 0.15) is 0 Å². The standard InChI is InChI=1S/C4H8FN3S/c5-3-8-1-2-9-4(6)7-8/h1-3H2,(H2,6,7). The highest BCUT2D eigenvalue weighted by Crippen LogP contribution is 2.08. The van der Waals surface area contributed by atoms with Gasteiger partial charge in [-0.2, -0.15) is 5.10 Å². The second-order valence-corrected chi connectivity index (χ2v) is 2.75. The summed E-state index contributed by atoms with van der Waals surface area (Å²) in [5, 5.41) is 5.49. The predicted octanol–water partition coefficient (Wildman–Crippen LogP) is 0.192. The molecule has 0 bridgehead atoms. The Labute approximate surface area is 57.1 Å². The van der Waals surface area contributed by atoms with E-state index in [-0.39, 0.29) is 0 Å².